The van der Waals surface area contributed by atoms with Gasteiger partial charge in [-0.2, -0.15) is 0 Å². The van der Waals surface area contributed by atoms with Crippen molar-refractivity contribution in [1.29, 1.82) is 0 Å². The van der Waals surface area contributed by atoms with Crippen LogP contribution in [0.25, 0.3) is 0 Å². The molecule has 0 spiro atoms. The van der Waals surface area contributed by atoms with E-state index in [1.165, 1.54) is 0 Å². The molecular formula is C23H40O4. The van der Waals surface area contributed by atoms with Crippen molar-refractivity contribution in [2.45, 2.75) is 104 Å². The lowest BCUT2D eigenvalue weighted by atomic mass is 9.80. The monoisotopic (exact) mass is 380 g/mol. The first-order chi connectivity index (χ1) is 12.7. The number of aliphatic carboxylic acids is 1. The van der Waals surface area contributed by atoms with Gasteiger partial charge < -0.3 is 14.9 Å². The molecule has 0 aromatic heterocycles. The number of carboxylic acid groups (broad SMARTS) is 1. The van der Waals surface area contributed by atoms with Gasteiger partial charge in [0.05, 0.1) is 18.3 Å². The predicted octanol–water partition coefficient (Wildman–Crippen LogP) is 5.19. The molecule has 0 unspecified atom stereocenters. The van der Waals surface area contributed by atoms with Crippen LogP contribution in [0.3, 0.4) is 0 Å². The number of fused-ring (bicyclic) bond motifs is 1. The highest BCUT2D eigenvalue weighted by Crippen LogP contribution is 2.48. The number of hydrogen-bond acceptors (Lipinski definition) is 3. The van der Waals surface area contributed by atoms with E-state index in [1.807, 2.05) is 6.08 Å². The van der Waals surface area contributed by atoms with Crippen LogP contribution in [0.2, 0.25) is 0 Å². The zero-order chi connectivity index (χ0) is 20.0. The van der Waals surface area contributed by atoms with Gasteiger partial charge >= 0.3 is 5.97 Å². The summed E-state index contributed by atoms with van der Waals surface area (Å²) in [5, 5.41) is 19.4. The van der Waals surface area contributed by atoms with E-state index in [-0.39, 0.29) is 17.9 Å². The van der Waals surface area contributed by atoms with E-state index in [0.717, 1.165) is 51.4 Å². The van der Waals surface area contributed by atoms with Crippen LogP contribution in [0.5, 0.6) is 0 Å². The largest absolute Gasteiger partial charge is 0.481 e. The molecule has 0 aromatic carbocycles. The fraction of sp³-hybridized carbons (Fsp3) is 0.870. The van der Waals surface area contributed by atoms with Gasteiger partial charge in [0.1, 0.15) is 0 Å². The van der Waals surface area contributed by atoms with Gasteiger partial charge in [-0.15, -0.1) is 0 Å². The fourth-order valence-corrected chi connectivity index (χ4v) is 4.88. The van der Waals surface area contributed by atoms with E-state index in [2.05, 4.69) is 33.8 Å². The summed E-state index contributed by atoms with van der Waals surface area (Å²) in [4.78, 5) is 10.6. The molecule has 0 bridgehead atoms. The summed E-state index contributed by atoms with van der Waals surface area (Å²) in [6.45, 7) is 8.80. The lowest BCUT2D eigenvalue weighted by Crippen LogP contribution is -2.28. The Kier molecular flexibility index (Phi) is 8.36. The third kappa shape index (κ3) is 6.32. The molecule has 1 saturated carbocycles. The van der Waals surface area contributed by atoms with E-state index in [1.54, 1.807) is 0 Å². The average molecular weight is 381 g/mol. The van der Waals surface area contributed by atoms with Crippen LogP contribution >= 0.6 is 0 Å². The molecule has 2 N–H and O–H groups in total. The van der Waals surface area contributed by atoms with Crippen LogP contribution in [0.1, 0.15) is 85.5 Å². The molecule has 27 heavy (non-hydrogen) atoms. The van der Waals surface area contributed by atoms with Crippen molar-refractivity contribution in [2.24, 2.45) is 23.2 Å². The summed E-state index contributed by atoms with van der Waals surface area (Å²) in [6.07, 6.45) is 13.0. The minimum Gasteiger partial charge on any atom is -0.481 e. The van der Waals surface area contributed by atoms with Crippen LogP contribution in [-0.2, 0) is 9.53 Å². The number of carbonyl (C=O) groups is 1. The van der Waals surface area contributed by atoms with E-state index in [4.69, 9.17) is 9.84 Å². The van der Waals surface area contributed by atoms with Crippen LogP contribution in [0.4, 0.5) is 0 Å². The summed E-state index contributed by atoms with van der Waals surface area (Å²) in [5.74, 6) is 0.913. The maximum Gasteiger partial charge on any atom is 0.303 e. The van der Waals surface area contributed by atoms with Crippen molar-refractivity contribution in [1.82, 2.24) is 0 Å². The Labute approximate surface area is 165 Å². The van der Waals surface area contributed by atoms with Gasteiger partial charge in [0, 0.05) is 6.42 Å². The second-order valence-corrected chi connectivity index (χ2v) is 9.55. The number of unbranched alkanes of at least 4 members (excludes halogenated alkanes) is 2. The molecule has 1 aliphatic heterocycles. The summed E-state index contributed by atoms with van der Waals surface area (Å²) in [6, 6.07) is 0. The van der Waals surface area contributed by atoms with Crippen molar-refractivity contribution in [3.8, 4) is 0 Å². The predicted molar refractivity (Wildman–Crippen MR) is 109 cm³/mol. The highest BCUT2D eigenvalue weighted by Gasteiger charge is 2.46. The zero-order valence-corrected chi connectivity index (χ0v) is 17.7. The van der Waals surface area contributed by atoms with E-state index in [9.17, 15) is 9.90 Å². The van der Waals surface area contributed by atoms with Crippen molar-refractivity contribution < 1.29 is 19.7 Å². The van der Waals surface area contributed by atoms with Gasteiger partial charge in [-0.3, -0.25) is 4.79 Å². The van der Waals surface area contributed by atoms with Crippen LogP contribution in [-0.4, -0.2) is 34.5 Å². The quantitative estimate of drug-likeness (QED) is 0.382. The van der Waals surface area contributed by atoms with Crippen molar-refractivity contribution in [3.63, 3.8) is 0 Å². The first-order valence-corrected chi connectivity index (χ1v) is 11.0. The third-order valence-electron chi connectivity index (χ3n) is 6.79. The van der Waals surface area contributed by atoms with Gasteiger partial charge in [-0.25, -0.2) is 0 Å². The average Bonchev–Trinajstić information content (AvgIpc) is 3.11. The Morgan fingerprint density at radius 2 is 2.00 bits per heavy atom. The molecule has 1 heterocycles. The van der Waals surface area contributed by atoms with Gasteiger partial charge in [-0.1, -0.05) is 59.1 Å². The number of ether oxygens (including phenoxy) is 1. The highest BCUT2D eigenvalue weighted by atomic mass is 16.5. The zero-order valence-electron chi connectivity index (χ0n) is 17.7. The SMILES string of the molecule is CCCCC(C)(C)[C@H](O)C=C[C@H]1[C@H]2C[C@H](CCCCC(=O)O)O[C@H]2C[C@H]1C. The molecular weight excluding hydrogens is 340 g/mol. The second-order valence-electron chi connectivity index (χ2n) is 9.55. The number of aliphatic hydroxyl groups excluding tert-OH is 1. The maximum atomic E-state index is 10.7. The summed E-state index contributed by atoms with van der Waals surface area (Å²) in [5.41, 5.74) is -0.0768. The van der Waals surface area contributed by atoms with Gasteiger partial charge in [0.15, 0.2) is 0 Å². The maximum absolute atomic E-state index is 10.7. The molecule has 1 aliphatic carbocycles. The number of hydrogen-bond donors (Lipinski definition) is 2. The first kappa shape index (κ1) is 22.4. The first-order valence-electron chi connectivity index (χ1n) is 11.0. The van der Waals surface area contributed by atoms with E-state index >= 15 is 0 Å². The number of aliphatic hydroxyl groups is 1. The normalized spacial score (nSPS) is 32.1. The number of carboxylic acids is 1. The summed E-state index contributed by atoms with van der Waals surface area (Å²) >= 11 is 0. The van der Waals surface area contributed by atoms with Gasteiger partial charge in [0.2, 0.25) is 0 Å². The molecule has 6 atom stereocenters. The van der Waals surface area contributed by atoms with Crippen LogP contribution in [0.15, 0.2) is 12.2 Å². The lowest BCUT2D eigenvalue weighted by Gasteiger charge is -2.29. The number of rotatable bonds is 11. The molecule has 4 nitrogen and oxygen atoms in total. The Balaban J connectivity index is 1.86. The molecule has 156 valence electrons. The van der Waals surface area contributed by atoms with Gasteiger partial charge in [-0.05, 0) is 55.3 Å². The highest BCUT2D eigenvalue weighted by molar-refractivity contribution is 5.66. The van der Waals surface area contributed by atoms with Crippen LogP contribution in [0, 0.1) is 23.2 Å². The molecule has 2 rings (SSSR count). The Bertz CT molecular complexity index is 499. The molecule has 0 amide bonds. The fourth-order valence-electron chi connectivity index (χ4n) is 4.88. The second kappa shape index (κ2) is 10.1. The van der Waals surface area contributed by atoms with Crippen molar-refractivity contribution in [3.05, 3.63) is 12.2 Å². The molecule has 0 radical (unpaired) electrons. The van der Waals surface area contributed by atoms with Crippen molar-refractivity contribution >= 4 is 5.97 Å². The van der Waals surface area contributed by atoms with Crippen molar-refractivity contribution in [2.75, 3.05) is 0 Å². The Hall–Kier alpha value is -0.870. The molecule has 0 aromatic rings. The molecule has 4 heteroatoms. The molecule has 2 aliphatic rings. The van der Waals surface area contributed by atoms with Gasteiger partial charge in [0.25, 0.3) is 0 Å². The summed E-state index contributed by atoms with van der Waals surface area (Å²) in [7, 11) is 0. The minimum absolute atomic E-state index is 0.0768. The third-order valence-corrected chi connectivity index (χ3v) is 6.79. The Morgan fingerprint density at radius 1 is 1.26 bits per heavy atom. The number of allylic oxidation sites excluding steroid dienone is 1. The molecule has 2 fully saturated rings. The minimum atomic E-state index is -0.710. The van der Waals surface area contributed by atoms with E-state index < -0.39 is 12.1 Å². The van der Waals surface area contributed by atoms with Crippen LogP contribution < -0.4 is 0 Å². The standard InChI is InChI=1S/C23H40O4/c1-5-6-13-23(3,4)21(24)12-11-18-16(2)14-20-19(18)15-17(27-20)9-7-8-10-22(25)26/h11-12,16-21,24H,5-10,13-15H2,1-4H3,(H,25,26)/t16-,17+,18-,19-,20+,21-/m1/s1. The topological polar surface area (TPSA) is 66.8 Å². The smallest absolute Gasteiger partial charge is 0.303 e. The van der Waals surface area contributed by atoms with E-state index in [0.29, 0.717) is 23.9 Å². The molecule has 1 saturated heterocycles. The Morgan fingerprint density at radius 3 is 2.67 bits per heavy atom. The summed E-state index contributed by atoms with van der Waals surface area (Å²) < 4.78 is 6.28. The lowest BCUT2D eigenvalue weighted by molar-refractivity contribution is -0.137.